The van der Waals surface area contributed by atoms with Crippen LogP contribution < -0.4 is 4.74 Å². The van der Waals surface area contributed by atoms with E-state index in [9.17, 15) is 5.11 Å². The Kier molecular flexibility index (Phi) is 4.05. The van der Waals surface area contributed by atoms with Crippen LogP contribution in [0.5, 0.6) is 5.75 Å². The van der Waals surface area contributed by atoms with Crippen molar-refractivity contribution in [2.24, 2.45) is 5.92 Å². The Balaban J connectivity index is 2.13. The number of rotatable bonds is 4. The highest BCUT2D eigenvalue weighted by Gasteiger charge is 2.30. The largest absolute Gasteiger partial charge is 0.493 e. The molecule has 1 saturated carbocycles. The summed E-state index contributed by atoms with van der Waals surface area (Å²) < 4.78 is 7.14. The summed E-state index contributed by atoms with van der Waals surface area (Å²) in [5.41, 5.74) is 0. The normalized spacial score (nSPS) is 29.2. The number of ether oxygens (including phenoxy) is 1. The summed E-state index contributed by atoms with van der Waals surface area (Å²) in [4.78, 5) is 0. The topological polar surface area (TPSA) is 47.3 Å². The highest BCUT2D eigenvalue weighted by molar-refractivity contribution is 5.12. The third kappa shape index (κ3) is 2.80. The molecule has 96 valence electrons. The van der Waals surface area contributed by atoms with Crippen molar-refractivity contribution < 1.29 is 9.84 Å². The van der Waals surface area contributed by atoms with Crippen LogP contribution in [-0.4, -0.2) is 28.1 Å². The third-order valence-electron chi connectivity index (χ3n) is 3.74. The lowest BCUT2D eigenvalue weighted by atomic mass is 9.80. The quantitative estimate of drug-likeness (QED) is 0.876. The lowest BCUT2D eigenvalue weighted by Gasteiger charge is -2.34. The number of aliphatic hydroxyl groups is 1. The molecule has 1 aromatic heterocycles. The molecule has 0 saturated heterocycles. The van der Waals surface area contributed by atoms with Gasteiger partial charge in [-0.1, -0.05) is 13.3 Å². The summed E-state index contributed by atoms with van der Waals surface area (Å²) in [6.07, 6.45) is 8.74. The first-order valence-electron chi connectivity index (χ1n) is 6.50. The van der Waals surface area contributed by atoms with Gasteiger partial charge < -0.3 is 9.84 Å². The van der Waals surface area contributed by atoms with E-state index in [4.69, 9.17) is 4.74 Å². The van der Waals surface area contributed by atoms with Gasteiger partial charge in [0.15, 0.2) is 5.75 Å². The van der Waals surface area contributed by atoms with Crippen LogP contribution >= 0.6 is 0 Å². The zero-order valence-corrected chi connectivity index (χ0v) is 10.7. The minimum atomic E-state index is -0.177. The van der Waals surface area contributed by atoms with Gasteiger partial charge in [0.25, 0.3) is 0 Å². The lowest BCUT2D eigenvalue weighted by molar-refractivity contribution is 0.0648. The molecule has 1 fully saturated rings. The van der Waals surface area contributed by atoms with Crippen LogP contribution in [0.15, 0.2) is 12.4 Å². The maximum Gasteiger partial charge on any atom is 0.156 e. The van der Waals surface area contributed by atoms with Gasteiger partial charge >= 0.3 is 0 Å². The van der Waals surface area contributed by atoms with Crippen molar-refractivity contribution in [1.29, 1.82) is 0 Å². The van der Waals surface area contributed by atoms with E-state index < -0.39 is 0 Å². The van der Waals surface area contributed by atoms with Crippen LogP contribution in [0.2, 0.25) is 0 Å². The predicted molar refractivity (Wildman–Crippen MR) is 66.1 cm³/mol. The second-order valence-electron chi connectivity index (χ2n) is 4.94. The highest BCUT2D eigenvalue weighted by Crippen LogP contribution is 2.37. The molecule has 2 rings (SSSR count). The van der Waals surface area contributed by atoms with Gasteiger partial charge in [-0.25, -0.2) is 0 Å². The van der Waals surface area contributed by atoms with Crippen molar-refractivity contribution in [3.05, 3.63) is 12.4 Å². The van der Waals surface area contributed by atoms with Crippen molar-refractivity contribution in [1.82, 2.24) is 9.78 Å². The fourth-order valence-corrected chi connectivity index (χ4v) is 2.83. The maximum absolute atomic E-state index is 9.82. The number of aromatic nitrogens is 2. The molecule has 1 N–H and O–H groups in total. The molecule has 0 spiro atoms. The average molecular weight is 238 g/mol. The Bertz CT molecular complexity index is 351. The minimum Gasteiger partial charge on any atom is -0.493 e. The first-order chi connectivity index (χ1) is 8.24. The van der Waals surface area contributed by atoms with E-state index >= 15 is 0 Å². The van der Waals surface area contributed by atoms with Crippen molar-refractivity contribution in [2.75, 3.05) is 7.11 Å². The van der Waals surface area contributed by atoms with Crippen molar-refractivity contribution in [3.8, 4) is 5.75 Å². The first kappa shape index (κ1) is 12.4. The van der Waals surface area contributed by atoms with Crippen LogP contribution in [0.3, 0.4) is 0 Å². The van der Waals surface area contributed by atoms with Gasteiger partial charge in [-0.3, -0.25) is 4.68 Å². The number of nitrogens with zero attached hydrogens (tertiary/aromatic N) is 2. The molecule has 3 unspecified atom stereocenters. The van der Waals surface area contributed by atoms with Crippen LogP contribution in [-0.2, 0) is 0 Å². The molecule has 1 aliphatic carbocycles. The second kappa shape index (κ2) is 5.54. The summed E-state index contributed by atoms with van der Waals surface area (Å²) >= 11 is 0. The van der Waals surface area contributed by atoms with Crippen molar-refractivity contribution >= 4 is 0 Å². The Labute approximate surface area is 103 Å². The van der Waals surface area contributed by atoms with E-state index in [0.29, 0.717) is 12.0 Å². The van der Waals surface area contributed by atoms with Crippen LogP contribution in [0.4, 0.5) is 0 Å². The van der Waals surface area contributed by atoms with Crippen LogP contribution in [0.25, 0.3) is 0 Å². The Hall–Kier alpha value is -1.03. The number of hydrogen-bond donors (Lipinski definition) is 1. The summed E-state index contributed by atoms with van der Waals surface area (Å²) in [6, 6.07) is 0.322. The molecular formula is C13H22N2O2. The van der Waals surface area contributed by atoms with Gasteiger partial charge in [0.1, 0.15) is 0 Å². The molecule has 0 bridgehead atoms. The van der Waals surface area contributed by atoms with Gasteiger partial charge in [-0.2, -0.15) is 5.10 Å². The van der Waals surface area contributed by atoms with Crippen molar-refractivity contribution in [3.63, 3.8) is 0 Å². The average Bonchev–Trinajstić information content (AvgIpc) is 2.80. The molecule has 0 aromatic carbocycles. The van der Waals surface area contributed by atoms with E-state index in [0.717, 1.165) is 25.0 Å². The molecule has 3 atom stereocenters. The fourth-order valence-electron chi connectivity index (χ4n) is 2.83. The predicted octanol–water partition coefficient (Wildman–Crippen LogP) is 2.39. The maximum atomic E-state index is 9.82. The summed E-state index contributed by atoms with van der Waals surface area (Å²) in [7, 11) is 1.65. The van der Waals surface area contributed by atoms with E-state index in [1.165, 1.54) is 12.8 Å². The molecule has 4 nitrogen and oxygen atoms in total. The second-order valence-corrected chi connectivity index (χ2v) is 4.94. The Morgan fingerprint density at radius 1 is 1.53 bits per heavy atom. The minimum absolute atomic E-state index is 0.177. The number of aliphatic hydroxyl groups excluding tert-OH is 1. The monoisotopic (exact) mass is 238 g/mol. The zero-order valence-electron chi connectivity index (χ0n) is 10.7. The van der Waals surface area contributed by atoms with Crippen LogP contribution in [0.1, 0.15) is 45.1 Å². The molecule has 17 heavy (non-hydrogen) atoms. The molecule has 0 aliphatic heterocycles. The lowest BCUT2D eigenvalue weighted by Crippen LogP contribution is -2.30. The first-order valence-corrected chi connectivity index (χ1v) is 6.50. The van der Waals surface area contributed by atoms with Crippen molar-refractivity contribution in [2.45, 2.75) is 51.2 Å². The van der Waals surface area contributed by atoms with Gasteiger partial charge in [-0.05, 0) is 31.6 Å². The molecular weight excluding hydrogens is 216 g/mol. The van der Waals surface area contributed by atoms with E-state index in [1.54, 1.807) is 13.3 Å². The standard InChI is InChI=1S/C13H22N2O2/c1-3-4-10-5-6-11(16)7-13(10)15-9-12(17-2)8-14-15/h8-11,13,16H,3-7H2,1-2H3. The zero-order chi connectivity index (χ0) is 12.3. The number of methoxy groups -OCH3 is 1. The van der Waals surface area contributed by atoms with Crippen LogP contribution in [0, 0.1) is 5.92 Å². The van der Waals surface area contributed by atoms with Gasteiger partial charge in [0.2, 0.25) is 0 Å². The third-order valence-corrected chi connectivity index (χ3v) is 3.74. The van der Waals surface area contributed by atoms with E-state index in [1.807, 2.05) is 10.9 Å². The molecule has 0 amide bonds. The molecule has 1 aliphatic rings. The summed E-state index contributed by atoms with van der Waals surface area (Å²) in [5, 5.41) is 14.2. The SMILES string of the molecule is CCCC1CCC(O)CC1n1cc(OC)cn1. The molecule has 1 aromatic rings. The highest BCUT2D eigenvalue weighted by atomic mass is 16.5. The Morgan fingerprint density at radius 2 is 2.35 bits per heavy atom. The van der Waals surface area contributed by atoms with E-state index in [2.05, 4.69) is 12.0 Å². The number of hydrogen-bond acceptors (Lipinski definition) is 3. The smallest absolute Gasteiger partial charge is 0.156 e. The molecule has 0 radical (unpaired) electrons. The fraction of sp³-hybridized carbons (Fsp3) is 0.769. The van der Waals surface area contributed by atoms with Gasteiger partial charge in [-0.15, -0.1) is 0 Å². The summed E-state index contributed by atoms with van der Waals surface area (Å²) in [5.74, 6) is 1.42. The molecule has 4 heteroatoms. The van der Waals surface area contributed by atoms with Gasteiger partial charge in [0.05, 0.1) is 31.6 Å². The van der Waals surface area contributed by atoms with Gasteiger partial charge in [0, 0.05) is 0 Å². The molecule has 1 heterocycles. The van der Waals surface area contributed by atoms with E-state index in [-0.39, 0.29) is 6.10 Å². The summed E-state index contributed by atoms with van der Waals surface area (Å²) in [6.45, 7) is 2.21. The Morgan fingerprint density at radius 3 is 3.00 bits per heavy atom.